The van der Waals surface area contributed by atoms with E-state index in [0.717, 1.165) is 55.6 Å². The second-order valence-electron chi connectivity index (χ2n) is 9.90. The average Bonchev–Trinajstić information content (AvgIpc) is 2.97. The molecule has 1 unspecified atom stereocenters. The van der Waals surface area contributed by atoms with Crippen LogP contribution in [0.1, 0.15) is 43.9 Å². The van der Waals surface area contributed by atoms with Gasteiger partial charge >= 0.3 is 6.09 Å². The molecule has 31 heavy (non-hydrogen) atoms. The number of nitrogens with zero attached hydrogens (tertiary/aromatic N) is 1. The van der Waals surface area contributed by atoms with Crippen LogP contribution in [0.15, 0.2) is 36.4 Å². The van der Waals surface area contributed by atoms with E-state index in [1.807, 2.05) is 12.1 Å². The van der Waals surface area contributed by atoms with E-state index in [9.17, 15) is 4.79 Å². The number of piperidine rings is 3. The van der Waals surface area contributed by atoms with Gasteiger partial charge in [-0.15, -0.1) is 0 Å². The summed E-state index contributed by atoms with van der Waals surface area (Å²) < 4.78 is 5.92. The number of alkyl carbamates (subject to hydrolysis) is 1. The Morgan fingerprint density at radius 3 is 2.42 bits per heavy atom. The molecule has 3 saturated heterocycles. The van der Waals surface area contributed by atoms with Crippen LogP contribution in [0.25, 0.3) is 11.1 Å². The van der Waals surface area contributed by atoms with E-state index >= 15 is 0 Å². The van der Waals surface area contributed by atoms with Crippen LogP contribution in [0.2, 0.25) is 10.0 Å². The molecule has 1 aliphatic carbocycles. The van der Waals surface area contributed by atoms with Crippen molar-refractivity contribution in [3.8, 4) is 11.1 Å². The van der Waals surface area contributed by atoms with Gasteiger partial charge in [-0.25, -0.2) is 4.79 Å². The van der Waals surface area contributed by atoms with E-state index in [1.165, 1.54) is 5.56 Å². The first kappa shape index (κ1) is 21.1. The molecular weight excluding hydrogens is 431 g/mol. The van der Waals surface area contributed by atoms with Gasteiger partial charge in [0, 0.05) is 16.6 Å². The van der Waals surface area contributed by atoms with Gasteiger partial charge in [0.05, 0.1) is 6.04 Å². The van der Waals surface area contributed by atoms with Crippen molar-refractivity contribution in [3.63, 3.8) is 0 Å². The Balaban J connectivity index is 1.37. The van der Waals surface area contributed by atoms with Crippen LogP contribution in [0.4, 0.5) is 4.79 Å². The molecule has 2 bridgehead atoms. The van der Waals surface area contributed by atoms with E-state index in [-0.39, 0.29) is 23.7 Å². The summed E-state index contributed by atoms with van der Waals surface area (Å²) in [5.74, 6) is 0.499. The van der Waals surface area contributed by atoms with Gasteiger partial charge in [-0.1, -0.05) is 49.2 Å². The predicted octanol–water partition coefficient (Wildman–Crippen LogP) is 6.10. The van der Waals surface area contributed by atoms with Gasteiger partial charge in [-0.3, -0.25) is 4.90 Å². The molecule has 2 aromatic carbocycles. The Bertz CT molecular complexity index is 994. The Hall–Kier alpha value is -1.75. The fraction of sp³-hybridized carbons (Fsp3) is 0.480. The van der Waals surface area contributed by atoms with Crippen molar-refractivity contribution < 1.29 is 9.53 Å². The molecule has 164 valence electrons. The third kappa shape index (κ3) is 4.18. The molecule has 4 aliphatic rings. The topological polar surface area (TPSA) is 41.6 Å². The van der Waals surface area contributed by atoms with Gasteiger partial charge < -0.3 is 10.1 Å². The summed E-state index contributed by atoms with van der Waals surface area (Å²) in [4.78, 5) is 15.3. The number of halogens is 2. The van der Waals surface area contributed by atoms with Gasteiger partial charge in [-0.2, -0.15) is 0 Å². The molecule has 0 radical (unpaired) electrons. The minimum atomic E-state index is -0.305. The maximum atomic E-state index is 12.9. The largest absolute Gasteiger partial charge is 0.445 e. The van der Waals surface area contributed by atoms with Gasteiger partial charge in [-0.05, 0) is 90.2 Å². The number of fused-ring (bicyclic) bond motifs is 4. The smallest absolute Gasteiger partial charge is 0.407 e. The van der Waals surface area contributed by atoms with Crippen LogP contribution in [-0.4, -0.2) is 36.7 Å². The fourth-order valence-electron chi connectivity index (χ4n) is 5.55. The number of amides is 1. The number of ether oxygens (including phenoxy) is 1. The Kier molecular flexibility index (Phi) is 5.44. The molecule has 2 atom stereocenters. The lowest BCUT2D eigenvalue weighted by Crippen LogP contribution is -2.53. The highest BCUT2D eigenvalue weighted by Gasteiger charge is 2.42. The molecule has 3 aliphatic heterocycles. The SMILES string of the molecule is CC1(C)Cc2ccc(-c3cc(Cl)cc(Cl)c3)cc2C1NC(=O)O[C@H]1CN2CCC1CC2. The van der Waals surface area contributed by atoms with E-state index in [1.54, 1.807) is 6.07 Å². The van der Waals surface area contributed by atoms with E-state index in [0.29, 0.717) is 16.0 Å². The van der Waals surface area contributed by atoms with Crippen LogP contribution in [0.3, 0.4) is 0 Å². The molecular formula is C25H28Cl2N2O2. The third-order valence-electron chi connectivity index (χ3n) is 7.20. The summed E-state index contributed by atoms with van der Waals surface area (Å²) in [6, 6.07) is 11.9. The van der Waals surface area contributed by atoms with Crippen molar-refractivity contribution in [2.24, 2.45) is 11.3 Å². The van der Waals surface area contributed by atoms with E-state index < -0.39 is 0 Å². The highest BCUT2D eigenvalue weighted by Crippen LogP contribution is 2.46. The minimum Gasteiger partial charge on any atom is -0.445 e. The molecule has 2 aromatic rings. The van der Waals surface area contributed by atoms with Crippen LogP contribution < -0.4 is 5.32 Å². The molecule has 0 saturated carbocycles. The molecule has 4 nitrogen and oxygen atoms in total. The number of benzene rings is 2. The van der Waals surface area contributed by atoms with Crippen molar-refractivity contribution >= 4 is 29.3 Å². The van der Waals surface area contributed by atoms with Gasteiger partial charge in [0.1, 0.15) is 6.10 Å². The highest BCUT2D eigenvalue weighted by atomic mass is 35.5. The van der Waals surface area contributed by atoms with E-state index in [4.69, 9.17) is 27.9 Å². The molecule has 3 heterocycles. The zero-order valence-corrected chi connectivity index (χ0v) is 19.5. The molecule has 1 amide bonds. The summed E-state index contributed by atoms with van der Waals surface area (Å²) in [7, 11) is 0. The zero-order valence-electron chi connectivity index (χ0n) is 18.0. The van der Waals surface area contributed by atoms with E-state index in [2.05, 4.69) is 42.3 Å². The molecule has 6 rings (SSSR count). The van der Waals surface area contributed by atoms with Crippen molar-refractivity contribution in [2.75, 3.05) is 19.6 Å². The number of rotatable bonds is 3. The van der Waals surface area contributed by atoms with Gasteiger partial charge in [0.25, 0.3) is 0 Å². The van der Waals surface area contributed by atoms with Crippen LogP contribution in [0, 0.1) is 11.3 Å². The summed E-state index contributed by atoms with van der Waals surface area (Å²) >= 11 is 12.4. The van der Waals surface area contributed by atoms with Crippen LogP contribution in [0.5, 0.6) is 0 Å². The van der Waals surface area contributed by atoms with Crippen molar-refractivity contribution in [1.82, 2.24) is 10.2 Å². The maximum absolute atomic E-state index is 12.9. The van der Waals surface area contributed by atoms with Crippen molar-refractivity contribution in [1.29, 1.82) is 0 Å². The molecule has 0 spiro atoms. The summed E-state index contributed by atoms with van der Waals surface area (Å²) in [5, 5.41) is 4.42. The molecule has 6 heteroatoms. The maximum Gasteiger partial charge on any atom is 0.407 e. The fourth-order valence-corrected chi connectivity index (χ4v) is 6.07. The number of carbonyl (C=O) groups excluding carboxylic acids is 1. The first-order valence-electron chi connectivity index (χ1n) is 11.1. The second kappa shape index (κ2) is 7.99. The Morgan fingerprint density at radius 1 is 1.06 bits per heavy atom. The van der Waals surface area contributed by atoms with Gasteiger partial charge in [0.2, 0.25) is 0 Å². The monoisotopic (exact) mass is 458 g/mol. The zero-order chi connectivity index (χ0) is 21.8. The summed E-state index contributed by atoms with van der Waals surface area (Å²) in [6.07, 6.45) is 2.86. The quantitative estimate of drug-likeness (QED) is 0.603. The Labute approximate surface area is 193 Å². The minimum absolute atomic E-state index is 0.00595. The molecule has 0 aromatic heterocycles. The number of hydrogen-bond donors (Lipinski definition) is 1. The number of carbonyl (C=O) groups is 1. The van der Waals surface area contributed by atoms with Crippen LogP contribution in [-0.2, 0) is 11.2 Å². The summed E-state index contributed by atoms with van der Waals surface area (Å²) in [6.45, 7) is 7.52. The average molecular weight is 459 g/mol. The van der Waals surface area contributed by atoms with Crippen LogP contribution >= 0.6 is 23.2 Å². The summed E-state index contributed by atoms with van der Waals surface area (Å²) in [5.41, 5.74) is 4.32. The van der Waals surface area contributed by atoms with Crippen molar-refractivity contribution in [3.05, 3.63) is 57.6 Å². The normalized spacial score (nSPS) is 28.3. The highest BCUT2D eigenvalue weighted by molar-refractivity contribution is 6.35. The number of hydrogen-bond acceptors (Lipinski definition) is 3. The number of nitrogens with one attached hydrogen (secondary N) is 1. The molecule has 1 N–H and O–H groups in total. The lowest BCUT2D eigenvalue weighted by Gasteiger charge is -2.44. The second-order valence-corrected chi connectivity index (χ2v) is 10.8. The predicted molar refractivity (Wildman–Crippen MR) is 125 cm³/mol. The van der Waals surface area contributed by atoms with Crippen molar-refractivity contribution in [2.45, 2.75) is 45.3 Å². The lowest BCUT2D eigenvalue weighted by molar-refractivity contribution is -0.0348. The Morgan fingerprint density at radius 2 is 1.77 bits per heavy atom. The first-order chi connectivity index (χ1) is 14.8. The first-order valence-corrected chi connectivity index (χ1v) is 11.8. The molecule has 3 fully saturated rings. The lowest BCUT2D eigenvalue weighted by atomic mass is 9.85. The van der Waals surface area contributed by atoms with Gasteiger partial charge in [0.15, 0.2) is 0 Å². The third-order valence-corrected chi connectivity index (χ3v) is 7.63. The standard InChI is InChI=1S/C25H28Cl2N2O2/c1-25(2)13-17-4-3-16(18-9-19(26)12-20(27)10-18)11-21(17)23(25)28-24(30)31-22-14-29-7-5-15(22)6-8-29/h3-4,9-12,15,22-23H,5-8,13-14H2,1-2H3,(H,28,30)/t22-,23?/m0/s1.